The summed E-state index contributed by atoms with van der Waals surface area (Å²) >= 11 is 6.09. The number of nitrogens with one attached hydrogen (secondary N) is 2. The van der Waals surface area contributed by atoms with E-state index in [0.717, 1.165) is 33.4 Å². The number of halogens is 1. The molecule has 0 amide bonds. The molecule has 5 heteroatoms. The van der Waals surface area contributed by atoms with Crippen molar-refractivity contribution in [3.8, 4) is 22.4 Å². The number of hydrogen-bond acceptors (Lipinski definition) is 2. The lowest BCUT2D eigenvalue weighted by molar-refractivity contribution is 1.10. The molecule has 0 aliphatic carbocycles. The highest BCUT2D eigenvalue weighted by Crippen LogP contribution is 2.34. The summed E-state index contributed by atoms with van der Waals surface area (Å²) in [5, 5.41) is 9.03. The smallest absolute Gasteiger partial charge is 0.137 e. The highest BCUT2D eigenvalue weighted by molar-refractivity contribution is 6.30. The minimum atomic E-state index is 0.709. The van der Waals surface area contributed by atoms with Crippen LogP contribution in [0.1, 0.15) is 0 Å². The number of hydrogen-bond donors (Lipinski definition) is 2. The molecule has 0 atom stereocenters. The van der Waals surface area contributed by atoms with E-state index < -0.39 is 0 Å². The molecular weight excluding hydrogens is 284 g/mol. The number of rotatable bonds is 2. The van der Waals surface area contributed by atoms with E-state index in [1.165, 1.54) is 0 Å². The average Bonchev–Trinajstić information content (AvgIpc) is 3.13. The monoisotopic (exact) mass is 294 g/mol. The van der Waals surface area contributed by atoms with Gasteiger partial charge in [0.1, 0.15) is 5.65 Å². The Labute approximate surface area is 125 Å². The molecule has 2 N–H and O–H groups in total. The van der Waals surface area contributed by atoms with E-state index in [-0.39, 0.29) is 0 Å². The van der Waals surface area contributed by atoms with Gasteiger partial charge >= 0.3 is 0 Å². The van der Waals surface area contributed by atoms with Crippen LogP contribution in [-0.2, 0) is 0 Å². The molecule has 4 nitrogen and oxygen atoms in total. The fraction of sp³-hybridized carbons (Fsp3) is 0. The molecule has 21 heavy (non-hydrogen) atoms. The molecule has 3 heterocycles. The van der Waals surface area contributed by atoms with Crippen LogP contribution in [0.5, 0.6) is 0 Å². The van der Waals surface area contributed by atoms with Gasteiger partial charge in [-0.25, -0.2) is 4.98 Å². The van der Waals surface area contributed by atoms with Gasteiger partial charge in [-0.2, -0.15) is 5.10 Å². The van der Waals surface area contributed by atoms with Gasteiger partial charge in [-0.05, 0) is 29.8 Å². The Bertz CT molecular complexity index is 923. The van der Waals surface area contributed by atoms with Crippen molar-refractivity contribution >= 4 is 22.6 Å². The van der Waals surface area contributed by atoms with Crippen molar-refractivity contribution in [2.45, 2.75) is 0 Å². The molecule has 0 saturated carbocycles. The standard InChI is InChI=1S/C16H11ClN4/c17-11-4-1-3-10(7-11)13-9-20-21-15(13)14-8-19-16-12(14)5-2-6-18-16/h1-9H,(H,18,19)(H,20,21). The predicted octanol–water partition coefficient (Wildman–Crippen LogP) is 4.27. The minimum absolute atomic E-state index is 0.709. The lowest BCUT2D eigenvalue weighted by Crippen LogP contribution is -1.82. The summed E-state index contributed by atoms with van der Waals surface area (Å²) < 4.78 is 0. The van der Waals surface area contributed by atoms with Crippen LogP contribution in [0.25, 0.3) is 33.4 Å². The van der Waals surface area contributed by atoms with Crippen molar-refractivity contribution in [2.75, 3.05) is 0 Å². The van der Waals surface area contributed by atoms with Crippen molar-refractivity contribution in [3.63, 3.8) is 0 Å². The maximum atomic E-state index is 6.09. The fourth-order valence-electron chi connectivity index (χ4n) is 2.53. The van der Waals surface area contributed by atoms with E-state index in [9.17, 15) is 0 Å². The molecular formula is C16H11ClN4. The van der Waals surface area contributed by atoms with Crippen LogP contribution in [0.2, 0.25) is 5.02 Å². The molecule has 4 rings (SSSR count). The molecule has 0 aliphatic heterocycles. The number of pyridine rings is 1. The van der Waals surface area contributed by atoms with Gasteiger partial charge in [0.2, 0.25) is 0 Å². The topological polar surface area (TPSA) is 57.4 Å². The van der Waals surface area contributed by atoms with E-state index >= 15 is 0 Å². The van der Waals surface area contributed by atoms with Crippen LogP contribution < -0.4 is 0 Å². The van der Waals surface area contributed by atoms with Crippen LogP contribution in [0.15, 0.2) is 55.0 Å². The van der Waals surface area contributed by atoms with Crippen LogP contribution in [0.3, 0.4) is 0 Å². The highest BCUT2D eigenvalue weighted by Gasteiger charge is 2.14. The number of H-pyrrole nitrogens is 2. The number of nitrogens with zero attached hydrogens (tertiary/aromatic N) is 2. The Kier molecular flexibility index (Phi) is 2.75. The van der Waals surface area contributed by atoms with Gasteiger partial charge in [0, 0.05) is 33.9 Å². The van der Waals surface area contributed by atoms with E-state index in [1.807, 2.05) is 48.8 Å². The second kappa shape index (κ2) is 4.75. The van der Waals surface area contributed by atoms with Crippen molar-refractivity contribution in [2.24, 2.45) is 0 Å². The third-order valence-electron chi connectivity index (χ3n) is 3.50. The van der Waals surface area contributed by atoms with Crippen molar-refractivity contribution < 1.29 is 0 Å². The second-order valence-corrected chi connectivity index (χ2v) is 5.21. The molecule has 4 aromatic rings. The Morgan fingerprint density at radius 1 is 1.05 bits per heavy atom. The van der Waals surface area contributed by atoms with Gasteiger partial charge in [-0.3, -0.25) is 5.10 Å². The van der Waals surface area contributed by atoms with Crippen LogP contribution >= 0.6 is 11.6 Å². The summed E-state index contributed by atoms with van der Waals surface area (Å²) in [5.74, 6) is 0. The Morgan fingerprint density at radius 3 is 2.90 bits per heavy atom. The molecule has 0 aliphatic rings. The first-order valence-electron chi connectivity index (χ1n) is 6.55. The molecule has 1 aromatic carbocycles. The molecule has 102 valence electrons. The summed E-state index contributed by atoms with van der Waals surface area (Å²) in [5.41, 5.74) is 4.91. The Balaban J connectivity index is 1.93. The van der Waals surface area contributed by atoms with Gasteiger partial charge in [0.05, 0.1) is 11.9 Å². The normalized spacial score (nSPS) is 11.1. The van der Waals surface area contributed by atoms with E-state index in [1.54, 1.807) is 6.20 Å². The average molecular weight is 295 g/mol. The maximum Gasteiger partial charge on any atom is 0.137 e. The summed E-state index contributed by atoms with van der Waals surface area (Å²) in [6, 6.07) is 11.7. The first-order valence-corrected chi connectivity index (χ1v) is 6.92. The van der Waals surface area contributed by atoms with Gasteiger partial charge in [0.25, 0.3) is 0 Å². The molecule has 0 fully saturated rings. The molecule has 0 spiro atoms. The third-order valence-corrected chi connectivity index (χ3v) is 3.73. The van der Waals surface area contributed by atoms with Gasteiger partial charge in [-0.1, -0.05) is 23.7 Å². The SMILES string of the molecule is Clc1cccc(-c2cn[nH]c2-c2c[nH]c3ncccc23)c1. The zero-order valence-electron chi connectivity index (χ0n) is 11.0. The second-order valence-electron chi connectivity index (χ2n) is 4.77. The lowest BCUT2D eigenvalue weighted by atomic mass is 10.0. The summed E-state index contributed by atoms with van der Waals surface area (Å²) in [6.45, 7) is 0. The van der Waals surface area contributed by atoms with Crippen molar-refractivity contribution in [3.05, 3.63) is 60.0 Å². The third kappa shape index (κ3) is 2.00. The van der Waals surface area contributed by atoms with Crippen molar-refractivity contribution in [1.29, 1.82) is 0 Å². The number of aromatic amines is 2. The summed E-state index contributed by atoms with van der Waals surface area (Å²) in [6.07, 6.45) is 5.53. The minimum Gasteiger partial charge on any atom is -0.345 e. The predicted molar refractivity (Wildman–Crippen MR) is 84.1 cm³/mol. The first kappa shape index (κ1) is 12.2. The van der Waals surface area contributed by atoms with Crippen LogP contribution in [0, 0.1) is 0 Å². The fourth-order valence-corrected chi connectivity index (χ4v) is 2.72. The Hall–Kier alpha value is -2.59. The van der Waals surface area contributed by atoms with Gasteiger partial charge < -0.3 is 4.98 Å². The lowest BCUT2D eigenvalue weighted by Gasteiger charge is -2.03. The maximum absolute atomic E-state index is 6.09. The van der Waals surface area contributed by atoms with Gasteiger partial charge in [0.15, 0.2) is 0 Å². The number of fused-ring (bicyclic) bond motifs is 1. The molecule has 3 aromatic heterocycles. The van der Waals surface area contributed by atoms with E-state index in [4.69, 9.17) is 11.6 Å². The molecule has 0 bridgehead atoms. The van der Waals surface area contributed by atoms with Crippen LogP contribution in [0.4, 0.5) is 0 Å². The Morgan fingerprint density at radius 2 is 2.00 bits per heavy atom. The first-order chi connectivity index (χ1) is 10.3. The van der Waals surface area contributed by atoms with E-state index in [2.05, 4.69) is 20.2 Å². The zero-order chi connectivity index (χ0) is 14.2. The number of benzene rings is 1. The largest absolute Gasteiger partial charge is 0.345 e. The molecule has 0 unspecified atom stereocenters. The quantitative estimate of drug-likeness (QED) is 0.580. The number of aromatic nitrogens is 4. The van der Waals surface area contributed by atoms with Crippen LogP contribution in [-0.4, -0.2) is 20.2 Å². The summed E-state index contributed by atoms with van der Waals surface area (Å²) in [7, 11) is 0. The summed E-state index contributed by atoms with van der Waals surface area (Å²) in [4.78, 5) is 7.50. The van der Waals surface area contributed by atoms with Crippen molar-refractivity contribution in [1.82, 2.24) is 20.2 Å². The van der Waals surface area contributed by atoms with Gasteiger partial charge in [-0.15, -0.1) is 0 Å². The molecule has 0 saturated heterocycles. The zero-order valence-corrected chi connectivity index (χ0v) is 11.7. The molecule has 0 radical (unpaired) electrons. The highest BCUT2D eigenvalue weighted by atomic mass is 35.5. The van der Waals surface area contributed by atoms with E-state index in [0.29, 0.717) is 5.02 Å².